The molecule has 0 saturated carbocycles. The molecular weight excluding hydrogens is 348 g/mol. The topological polar surface area (TPSA) is 67.6 Å². The van der Waals surface area contributed by atoms with Crippen LogP contribution in [0.4, 0.5) is 5.69 Å². The van der Waals surface area contributed by atoms with Crippen LogP contribution in [0.25, 0.3) is 5.65 Å². The molecule has 1 aliphatic heterocycles. The molecule has 6 nitrogen and oxygen atoms in total. The number of benzene rings is 1. The van der Waals surface area contributed by atoms with Crippen molar-refractivity contribution in [3.05, 3.63) is 64.2 Å². The van der Waals surface area contributed by atoms with Gasteiger partial charge >= 0.3 is 5.69 Å². The quantitative estimate of drug-likeness (QED) is 0.666. The summed E-state index contributed by atoms with van der Waals surface area (Å²) in [4.78, 5) is 35.1. The first-order valence-electron chi connectivity index (χ1n) is 8.50. The van der Waals surface area contributed by atoms with E-state index < -0.39 is 0 Å². The van der Waals surface area contributed by atoms with Crippen molar-refractivity contribution in [2.75, 3.05) is 17.2 Å². The molecule has 0 aliphatic carbocycles. The molecule has 0 spiro atoms. The van der Waals surface area contributed by atoms with Crippen molar-refractivity contribution in [2.45, 2.75) is 24.9 Å². The SMILES string of the molecule is Cc1cccn2c(=O)nc(SCC(=O)N3CCCc4ccccc43)nc12. The predicted octanol–water partition coefficient (Wildman–Crippen LogP) is 2.47. The lowest BCUT2D eigenvalue weighted by Crippen LogP contribution is -2.36. The second kappa shape index (κ2) is 6.92. The zero-order valence-electron chi connectivity index (χ0n) is 14.4. The Hall–Kier alpha value is -2.67. The maximum atomic E-state index is 12.7. The predicted molar refractivity (Wildman–Crippen MR) is 102 cm³/mol. The molecule has 0 fully saturated rings. The first kappa shape index (κ1) is 16.8. The summed E-state index contributed by atoms with van der Waals surface area (Å²) in [5, 5.41) is 0.336. The summed E-state index contributed by atoms with van der Waals surface area (Å²) < 4.78 is 1.42. The number of para-hydroxylation sites is 1. The van der Waals surface area contributed by atoms with E-state index in [9.17, 15) is 9.59 Å². The molecule has 0 N–H and O–H groups in total. The molecular formula is C19H18N4O2S. The summed E-state index contributed by atoms with van der Waals surface area (Å²) >= 11 is 1.21. The molecule has 0 atom stereocenters. The Kier molecular flexibility index (Phi) is 4.46. The van der Waals surface area contributed by atoms with Crippen LogP contribution in [0.3, 0.4) is 0 Å². The van der Waals surface area contributed by atoms with E-state index in [2.05, 4.69) is 16.0 Å². The van der Waals surface area contributed by atoms with Gasteiger partial charge in [-0.15, -0.1) is 0 Å². The van der Waals surface area contributed by atoms with Gasteiger partial charge in [0.1, 0.15) is 5.65 Å². The number of aryl methyl sites for hydroxylation is 2. The molecule has 0 saturated heterocycles. The van der Waals surface area contributed by atoms with E-state index in [-0.39, 0.29) is 17.3 Å². The summed E-state index contributed by atoms with van der Waals surface area (Å²) in [5.74, 6) is 0.214. The van der Waals surface area contributed by atoms with Gasteiger partial charge in [-0.1, -0.05) is 36.0 Å². The lowest BCUT2D eigenvalue weighted by molar-refractivity contribution is -0.116. The fourth-order valence-electron chi connectivity index (χ4n) is 3.22. The van der Waals surface area contributed by atoms with Gasteiger partial charge in [0.2, 0.25) is 5.91 Å². The van der Waals surface area contributed by atoms with Crippen LogP contribution < -0.4 is 10.6 Å². The summed E-state index contributed by atoms with van der Waals surface area (Å²) in [6, 6.07) is 11.7. The largest absolute Gasteiger partial charge is 0.355 e. The van der Waals surface area contributed by atoms with Crippen molar-refractivity contribution in [3.63, 3.8) is 0 Å². The molecule has 1 aliphatic rings. The number of thioether (sulfide) groups is 1. The normalized spacial score (nSPS) is 13.7. The number of carbonyl (C=O) groups excluding carboxylic acids is 1. The van der Waals surface area contributed by atoms with Crippen molar-refractivity contribution < 1.29 is 4.79 Å². The van der Waals surface area contributed by atoms with Crippen LogP contribution in [-0.4, -0.2) is 32.6 Å². The Balaban J connectivity index is 1.55. The number of nitrogens with zero attached hydrogens (tertiary/aromatic N) is 4. The fraction of sp³-hybridized carbons (Fsp3) is 0.263. The first-order chi connectivity index (χ1) is 12.6. The minimum atomic E-state index is -0.378. The third-order valence-electron chi connectivity index (χ3n) is 4.50. The van der Waals surface area contributed by atoms with Gasteiger partial charge in [-0.2, -0.15) is 4.98 Å². The number of hydrogen-bond donors (Lipinski definition) is 0. The van der Waals surface area contributed by atoms with Gasteiger partial charge in [0.15, 0.2) is 5.16 Å². The van der Waals surface area contributed by atoms with Crippen LogP contribution in [0.1, 0.15) is 17.5 Å². The number of rotatable bonds is 3. The van der Waals surface area contributed by atoms with E-state index >= 15 is 0 Å². The van der Waals surface area contributed by atoms with Crippen molar-refractivity contribution in [1.29, 1.82) is 0 Å². The molecule has 0 radical (unpaired) electrons. The van der Waals surface area contributed by atoms with E-state index in [0.717, 1.165) is 30.6 Å². The van der Waals surface area contributed by atoms with Gasteiger partial charge in [-0.3, -0.25) is 9.20 Å². The smallest absolute Gasteiger partial charge is 0.311 e. The third-order valence-corrected chi connectivity index (χ3v) is 5.33. The average molecular weight is 366 g/mol. The van der Waals surface area contributed by atoms with Crippen LogP contribution >= 0.6 is 11.8 Å². The second-order valence-corrected chi connectivity index (χ2v) is 7.18. The Morgan fingerprint density at radius 2 is 2.04 bits per heavy atom. The van der Waals surface area contributed by atoms with Gasteiger partial charge in [0.05, 0.1) is 5.75 Å². The minimum absolute atomic E-state index is 0.00994. The van der Waals surface area contributed by atoms with Crippen molar-refractivity contribution in [3.8, 4) is 0 Å². The highest BCUT2D eigenvalue weighted by Gasteiger charge is 2.22. The lowest BCUT2D eigenvalue weighted by Gasteiger charge is -2.29. The van der Waals surface area contributed by atoms with E-state index in [1.807, 2.05) is 36.1 Å². The number of carbonyl (C=O) groups is 1. The Morgan fingerprint density at radius 1 is 1.19 bits per heavy atom. The summed E-state index contributed by atoms with van der Waals surface area (Å²) in [5.41, 5.74) is 3.28. The molecule has 132 valence electrons. The van der Waals surface area contributed by atoms with Crippen molar-refractivity contribution >= 4 is 29.0 Å². The maximum absolute atomic E-state index is 12.7. The molecule has 26 heavy (non-hydrogen) atoms. The van der Waals surface area contributed by atoms with Crippen molar-refractivity contribution in [1.82, 2.24) is 14.4 Å². The third kappa shape index (κ3) is 3.10. The zero-order chi connectivity index (χ0) is 18.1. The highest BCUT2D eigenvalue weighted by Crippen LogP contribution is 2.27. The number of anilines is 1. The van der Waals surface area contributed by atoms with Crippen LogP contribution in [-0.2, 0) is 11.2 Å². The number of fused-ring (bicyclic) bond motifs is 2. The molecule has 3 heterocycles. The number of amides is 1. The number of hydrogen-bond acceptors (Lipinski definition) is 5. The van der Waals surface area contributed by atoms with Crippen molar-refractivity contribution in [2.24, 2.45) is 0 Å². The van der Waals surface area contributed by atoms with Crippen LogP contribution in [0.2, 0.25) is 0 Å². The molecule has 2 aromatic heterocycles. The molecule has 3 aromatic rings. The Morgan fingerprint density at radius 3 is 2.92 bits per heavy atom. The monoisotopic (exact) mass is 366 g/mol. The van der Waals surface area contributed by atoms with Gasteiger partial charge < -0.3 is 4.90 Å². The summed E-state index contributed by atoms with van der Waals surface area (Å²) in [7, 11) is 0. The van der Waals surface area contributed by atoms with E-state index in [1.54, 1.807) is 12.3 Å². The standard InChI is InChI=1S/C19H18N4O2S/c1-13-6-4-11-23-17(13)20-18(21-19(23)25)26-12-16(24)22-10-5-8-14-7-2-3-9-15(14)22/h2-4,6-7,9,11H,5,8,10,12H2,1H3. The van der Waals surface area contributed by atoms with E-state index in [4.69, 9.17) is 0 Å². The molecule has 7 heteroatoms. The molecule has 0 unspecified atom stereocenters. The fourth-order valence-corrected chi connectivity index (χ4v) is 3.92. The molecule has 0 bridgehead atoms. The van der Waals surface area contributed by atoms with Crippen LogP contribution in [0.5, 0.6) is 0 Å². The molecule has 1 aromatic carbocycles. The van der Waals surface area contributed by atoms with Gasteiger partial charge in [-0.25, -0.2) is 9.78 Å². The zero-order valence-corrected chi connectivity index (χ0v) is 15.2. The van der Waals surface area contributed by atoms with Gasteiger partial charge in [0, 0.05) is 18.4 Å². The average Bonchev–Trinajstić information content (AvgIpc) is 2.66. The van der Waals surface area contributed by atoms with Gasteiger partial charge in [0.25, 0.3) is 0 Å². The number of aromatic nitrogens is 3. The van der Waals surface area contributed by atoms with Crippen LogP contribution in [0, 0.1) is 6.92 Å². The minimum Gasteiger partial charge on any atom is -0.311 e. The Labute approximate surface area is 154 Å². The van der Waals surface area contributed by atoms with E-state index in [0.29, 0.717) is 10.8 Å². The Bertz CT molecular complexity index is 1050. The summed E-state index contributed by atoms with van der Waals surface area (Å²) in [6.45, 7) is 2.61. The van der Waals surface area contributed by atoms with Gasteiger partial charge in [-0.05, 0) is 43.0 Å². The molecule has 4 rings (SSSR count). The first-order valence-corrected chi connectivity index (χ1v) is 9.49. The second-order valence-electron chi connectivity index (χ2n) is 6.24. The summed E-state index contributed by atoms with van der Waals surface area (Å²) in [6.07, 6.45) is 3.60. The molecule has 1 amide bonds. The lowest BCUT2D eigenvalue weighted by atomic mass is 10.0. The maximum Gasteiger partial charge on any atom is 0.355 e. The highest BCUT2D eigenvalue weighted by molar-refractivity contribution is 7.99. The van der Waals surface area contributed by atoms with Crippen LogP contribution in [0.15, 0.2) is 52.5 Å². The number of pyridine rings is 1. The highest BCUT2D eigenvalue weighted by atomic mass is 32.2. The van der Waals surface area contributed by atoms with E-state index in [1.165, 1.54) is 21.7 Å².